The molecule has 6 nitrogen and oxygen atoms in total. The van der Waals surface area contributed by atoms with E-state index in [4.69, 9.17) is 10.7 Å². The molecule has 3 heterocycles. The summed E-state index contributed by atoms with van der Waals surface area (Å²) in [6, 6.07) is 18.6. The van der Waals surface area contributed by atoms with E-state index in [2.05, 4.69) is 56.2 Å². The van der Waals surface area contributed by atoms with Crippen molar-refractivity contribution in [3.8, 4) is 11.8 Å². The summed E-state index contributed by atoms with van der Waals surface area (Å²) in [6.45, 7) is 1.85. The molecule has 1 spiro atoms. The quantitative estimate of drug-likeness (QED) is 0.460. The molecular weight excluding hydrogens is 396 g/mol. The van der Waals surface area contributed by atoms with E-state index in [1.54, 1.807) is 0 Å². The molecule has 1 aliphatic heterocycles. The lowest BCUT2D eigenvalue weighted by molar-refractivity contribution is 0.187. The van der Waals surface area contributed by atoms with E-state index in [9.17, 15) is 0 Å². The maximum absolute atomic E-state index is 6.72. The number of hydrogen-bond donors (Lipinski definition) is 2. The van der Waals surface area contributed by atoms with Gasteiger partial charge in [0.15, 0.2) is 11.3 Å². The molecule has 3 N–H and O–H groups in total. The van der Waals surface area contributed by atoms with Crippen molar-refractivity contribution in [2.75, 3.05) is 18.0 Å². The Morgan fingerprint density at radius 2 is 1.78 bits per heavy atom. The van der Waals surface area contributed by atoms with E-state index in [0.717, 1.165) is 43.7 Å². The second kappa shape index (κ2) is 7.47. The third-order valence-corrected chi connectivity index (χ3v) is 7.03. The lowest BCUT2D eigenvalue weighted by Crippen LogP contribution is -2.44. The number of rotatable bonds is 1. The molecule has 1 atom stereocenters. The molecule has 0 bridgehead atoms. The van der Waals surface area contributed by atoms with Gasteiger partial charge in [-0.15, -0.1) is 0 Å². The Labute approximate surface area is 186 Å². The number of fused-ring (bicyclic) bond motifs is 2. The van der Waals surface area contributed by atoms with E-state index in [1.807, 2.05) is 36.5 Å². The molecule has 0 saturated carbocycles. The van der Waals surface area contributed by atoms with Crippen LogP contribution in [-0.2, 0) is 6.42 Å². The molecule has 2 aromatic carbocycles. The van der Waals surface area contributed by atoms with Crippen molar-refractivity contribution in [1.29, 1.82) is 0 Å². The molecule has 0 unspecified atom stereocenters. The van der Waals surface area contributed by atoms with Crippen LogP contribution in [0.25, 0.3) is 11.2 Å². The van der Waals surface area contributed by atoms with Crippen molar-refractivity contribution in [1.82, 2.24) is 20.2 Å². The number of anilines is 1. The maximum Gasteiger partial charge on any atom is 0.177 e. The molecule has 0 radical (unpaired) electrons. The molecule has 1 aliphatic carbocycles. The Morgan fingerprint density at radius 1 is 1.00 bits per heavy atom. The highest BCUT2D eigenvalue weighted by atomic mass is 15.2. The first kappa shape index (κ1) is 19.0. The van der Waals surface area contributed by atoms with Crippen LogP contribution in [0.3, 0.4) is 0 Å². The van der Waals surface area contributed by atoms with Gasteiger partial charge < -0.3 is 10.6 Å². The monoisotopic (exact) mass is 420 g/mol. The van der Waals surface area contributed by atoms with Gasteiger partial charge in [0.25, 0.3) is 0 Å². The first-order valence-electron chi connectivity index (χ1n) is 11.1. The van der Waals surface area contributed by atoms with Crippen LogP contribution in [0.4, 0.5) is 5.82 Å². The minimum atomic E-state index is 0.118. The van der Waals surface area contributed by atoms with Crippen LogP contribution >= 0.6 is 0 Å². The van der Waals surface area contributed by atoms with Gasteiger partial charge in [-0.3, -0.25) is 5.10 Å². The largest absolute Gasteiger partial charge is 0.355 e. The fourth-order valence-corrected chi connectivity index (χ4v) is 5.17. The number of aromatic nitrogens is 4. The average molecular weight is 421 g/mol. The molecule has 2 aromatic heterocycles. The predicted molar refractivity (Wildman–Crippen MR) is 125 cm³/mol. The van der Waals surface area contributed by atoms with Gasteiger partial charge in [-0.05, 0) is 53.9 Å². The summed E-state index contributed by atoms with van der Waals surface area (Å²) in [7, 11) is 0. The fraction of sp³-hybridized carbons (Fsp3) is 0.269. The number of benzene rings is 2. The van der Waals surface area contributed by atoms with Gasteiger partial charge in [0.2, 0.25) is 0 Å². The normalized spacial score (nSPS) is 19.0. The molecule has 4 aromatic rings. The Hall–Kier alpha value is -3.69. The number of aromatic amines is 1. The summed E-state index contributed by atoms with van der Waals surface area (Å²) in [5.74, 6) is 7.12. The zero-order valence-corrected chi connectivity index (χ0v) is 17.8. The van der Waals surface area contributed by atoms with Gasteiger partial charge >= 0.3 is 0 Å². The molecule has 0 amide bonds. The lowest BCUT2D eigenvalue weighted by Gasteiger charge is -2.42. The Kier molecular flexibility index (Phi) is 4.44. The highest BCUT2D eigenvalue weighted by molar-refractivity contribution is 5.77. The van der Waals surface area contributed by atoms with Gasteiger partial charge in [0.05, 0.1) is 6.20 Å². The van der Waals surface area contributed by atoms with E-state index in [0.29, 0.717) is 16.9 Å². The summed E-state index contributed by atoms with van der Waals surface area (Å²) < 4.78 is 0. The van der Waals surface area contributed by atoms with Crippen LogP contribution in [0.1, 0.15) is 41.3 Å². The standard InChI is InChI=1S/C26H24N6/c27-24-20-9-5-4-8-19(20)16-26(24)12-14-32(15-13-26)22-17-28-23-21(30-31-25(23)29-22)11-10-18-6-2-1-3-7-18/h1-9,17,24H,12-16,27H2,(H,29,30,31)/t24-/m1/s1. The lowest BCUT2D eigenvalue weighted by atomic mass is 9.73. The van der Waals surface area contributed by atoms with Crippen LogP contribution in [0.15, 0.2) is 60.8 Å². The topological polar surface area (TPSA) is 83.7 Å². The number of nitrogens with zero attached hydrogens (tertiary/aromatic N) is 4. The third-order valence-electron chi connectivity index (χ3n) is 7.03. The summed E-state index contributed by atoms with van der Waals surface area (Å²) in [5, 5.41) is 7.33. The minimum absolute atomic E-state index is 0.118. The molecule has 6 heteroatoms. The molecule has 6 rings (SSSR count). The SMILES string of the molecule is N[C@@H]1c2ccccc2CC12CCN(c1cnc3c(C#Cc4ccccc4)n[nH]c3n1)CC2. The van der Waals surface area contributed by atoms with Crippen LogP contribution < -0.4 is 10.6 Å². The predicted octanol–water partition coefficient (Wildman–Crippen LogP) is 3.60. The van der Waals surface area contributed by atoms with E-state index >= 15 is 0 Å². The minimum Gasteiger partial charge on any atom is -0.355 e. The summed E-state index contributed by atoms with van der Waals surface area (Å²) >= 11 is 0. The van der Waals surface area contributed by atoms with E-state index < -0.39 is 0 Å². The average Bonchev–Trinajstić information content (AvgIpc) is 3.37. The third kappa shape index (κ3) is 3.14. The molecule has 158 valence electrons. The van der Waals surface area contributed by atoms with Gasteiger partial charge in [-0.2, -0.15) is 5.10 Å². The highest BCUT2D eigenvalue weighted by Gasteiger charge is 2.45. The van der Waals surface area contributed by atoms with Crippen LogP contribution in [0, 0.1) is 17.3 Å². The highest BCUT2D eigenvalue weighted by Crippen LogP contribution is 2.50. The number of piperidine rings is 1. The van der Waals surface area contributed by atoms with Crippen molar-refractivity contribution >= 4 is 17.0 Å². The molecule has 1 fully saturated rings. The Bertz CT molecular complexity index is 1340. The van der Waals surface area contributed by atoms with Crippen molar-refractivity contribution in [2.45, 2.75) is 25.3 Å². The first-order chi connectivity index (χ1) is 15.7. The maximum atomic E-state index is 6.72. The Morgan fingerprint density at radius 3 is 2.59 bits per heavy atom. The molecule has 32 heavy (non-hydrogen) atoms. The summed E-state index contributed by atoms with van der Waals surface area (Å²) in [4.78, 5) is 11.7. The van der Waals surface area contributed by atoms with Gasteiger partial charge in [0, 0.05) is 24.7 Å². The fourth-order valence-electron chi connectivity index (χ4n) is 5.17. The van der Waals surface area contributed by atoms with Crippen LogP contribution in [-0.4, -0.2) is 33.3 Å². The van der Waals surface area contributed by atoms with Crippen LogP contribution in [0.2, 0.25) is 0 Å². The number of hydrogen-bond acceptors (Lipinski definition) is 5. The zero-order chi connectivity index (χ0) is 21.5. The molecule has 1 saturated heterocycles. The van der Waals surface area contributed by atoms with Gasteiger partial charge in [-0.25, -0.2) is 9.97 Å². The Balaban J connectivity index is 1.20. The number of nitrogens with two attached hydrogens (primary N) is 1. The van der Waals surface area contributed by atoms with Crippen molar-refractivity contribution in [2.24, 2.45) is 11.1 Å². The van der Waals surface area contributed by atoms with Crippen molar-refractivity contribution in [3.63, 3.8) is 0 Å². The van der Waals surface area contributed by atoms with E-state index in [-0.39, 0.29) is 11.5 Å². The zero-order valence-electron chi connectivity index (χ0n) is 17.8. The van der Waals surface area contributed by atoms with Crippen molar-refractivity contribution in [3.05, 3.63) is 83.2 Å². The van der Waals surface area contributed by atoms with Gasteiger partial charge in [0.1, 0.15) is 11.3 Å². The van der Waals surface area contributed by atoms with Crippen LogP contribution in [0.5, 0.6) is 0 Å². The van der Waals surface area contributed by atoms with E-state index in [1.165, 1.54) is 11.1 Å². The smallest absolute Gasteiger partial charge is 0.177 e. The second-order valence-corrected chi connectivity index (χ2v) is 8.82. The van der Waals surface area contributed by atoms with Gasteiger partial charge in [-0.1, -0.05) is 48.4 Å². The molecular formula is C26H24N6. The number of H-pyrrole nitrogens is 1. The first-order valence-corrected chi connectivity index (χ1v) is 11.1. The summed E-state index contributed by atoms with van der Waals surface area (Å²) in [6.07, 6.45) is 5.03. The second-order valence-electron chi connectivity index (χ2n) is 8.82. The molecule has 2 aliphatic rings. The van der Waals surface area contributed by atoms with Crippen molar-refractivity contribution < 1.29 is 0 Å². The number of nitrogens with one attached hydrogen (secondary N) is 1. The summed E-state index contributed by atoms with van der Waals surface area (Å²) in [5.41, 5.74) is 12.6.